The van der Waals surface area contributed by atoms with Crippen LogP contribution in [0.1, 0.15) is 68.6 Å². The van der Waals surface area contributed by atoms with Crippen LogP contribution in [0.15, 0.2) is 30.6 Å². The van der Waals surface area contributed by atoms with Crippen molar-refractivity contribution in [2.75, 3.05) is 18.8 Å². The summed E-state index contributed by atoms with van der Waals surface area (Å²) in [6.07, 6.45) is 5.74. The molecular formula is C31H41ClF2N4O4S. The van der Waals surface area contributed by atoms with Crippen molar-refractivity contribution in [2.24, 2.45) is 11.7 Å². The molecule has 4 heterocycles. The largest absolute Gasteiger partial charge is 0.376 e. The quantitative estimate of drug-likeness (QED) is 0.424. The standard InChI is InChI=1S/C31H41ClF2N4O4S/c1-18-10-21(11-19(2)42-18)30(20-5-8-26(32)27(33)12-20)31(35)29(39)13-22-14-36-16-28(34)25(22)7-6-24-15-37-23-4-3-9-43(40,41)38(24)17-23/h5,8,12,14,16,18-19,21,23-24,30-31,37H,3-4,6-7,9-11,13,15,17,35H2,1-2H3/t18-,19+,21?,23-,24+,30+,31-/m1/s1. The summed E-state index contributed by atoms with van der Waals surface area (Å²) in [6, 6.07) is 3.37. The van der Waals surface area contributed by atoms with E-state index < -0.39 is 33.6 Å². The Kier molecular flexibility index (Phi) is 10.2. The van der Waals surface area contributed by atoms with Crippen molar-refractivity contribution < 1.29 is 26.7 Å². The molecule has 3 saturated heterocycles. The average molecular weight is 639 g/mol. The molecule has 0 amide bonds. The Morgan fingerprint density at radius 2 is 1.95 bits per heavy atom. The summed E-state index contributed by atoms with van der Waals surface area (Å²) in [5, 5.41) is 3.43. The molecule has 1 aromatic carbocycles. The molecule has 3 N–H and O–H groups in total. The molecule has 2 aromatic rings. The van der Waals surface area contributed by atoms with E-state index in [0.29, 0.717) is 55.5 Å². The number of halogens is 3. The van der Waals surface area contributed by atoms with Crippen molar-refractivity contribution in [3.05, 3.63) is 63.9 Å². The lowest BCUT2D eigenvalue weighted by atomic mass is 9.73. The summed E-state index contributed by atoms with van der Waals surface area (Å²) in [5.41, 5.74) is 8.05. The number of Topliss-reactive ketones (excluding diaryl/α,β-unsaturated/α-hetero) is 1. The number of sulfonamides is 1. The normalized spacial score (nSPS) is 30.3. The van der Waals surface area contributed by atoms with Crippen LogP contribution in [0.4, 0.5) is 8.78 Å². The Morgan fingerprint density at radius 3 is 2.67 bits per heavy atom. The molecule has 3 aliphatic rings. The van der Waals surface area contributed by atoms with Gasteiger partial charge in [-0.2, -0.15) is 4.31 Å². The SMILES string of the molecule is C[C@@H]1CC([C@H](c2ccc(Cl)c(F)c2)[C@H](N)C(=O)Cc2cncc(F)c2CC[C@H]2CN[C@@H]3CCCS(=O)(=O)N2C3)C[C@H](C)O1. The summed E-state index contributed by atoms with van der Waals surface area (Å²) in [7, 11) is -3.38. The molecule has 5 rings (SSSR count). The first-order valence-electron chi connectivity index (χ1n) is 15.2. The second-order valence-electron chi connectivity index (χ2n) is 12.4. The highest BCUT2D eigenvalue weighted by Crippen LogP contribution is 2.39. The van der Waals surface area contributed by atoms with Gasteiger partial charge in [0.2, 0.25) is 10.0 Å². The minimum absolute atomic E-state index is 0.0109. The van der Waals surface area contributed by atoms with Gasteiger partial charge in [-0.3, -0.25) is 9.78 Å². The first-order chi connectivity index (χ1) is 20.4. The van der Waals surface area contributed by atoms with Gasteiger partial charge in [-0.1, -0.05) is 17.7 Å². The number of piperazine rings is 1. The van der Waals surface area contributed by atoms with E-state index in [-0.39, 0.29) is 59.6 Å². The highest BCUT2D eigenvalue weighted by Gasteiger charge is 2.39. The van der Waals surface area contributed by atoms with Crippen LogP contribution in [-0.2, 0) is 32.4 Å². The number of aromatic nitrogens is 1. The highest BCUT2D eigenvalue weighted by molar-refractivity contribution is 7.89. The maximum atomic E-state index is 15.2. The van der Waals surface area contributed by atoms with Gasteiger partial charge in [0.15, 0.2) is 5.78 Å². The molecule has 3 fully saturated rings. The molecule has 0 radical (unpaired) electrons. The van der Waals surface area contributed by atoms with Crippen molar-refractivity contribution in [1.29, 1.82) is 0 Å². The Bertz CT molecular complexity index is 1420. The third kappa shape index (κ3) is 7.45. The molecule has 0 aliphatic carbocycles. The first-order valence-corrected chi connectivity index (χ1v) is 17.1. The molecule has 0 saturated carbocycles. The zero-order chi connectivity index (χ0) is 30.9. The summed E-state index contributed by atoms with van der Waals surface area (Å²) in [6.45, 7) is 4.86. The van der Waals surface area contributed by atoms with Crippen LogP contribution in [-0.4, -0.2) is 72.7 Å². The van der Waals surface area contributed by atoms with E-state index in [0.717, 1.165) is 12.6 Å². The molecule has 12 heteroatoms. The van der Waals surface area contributed by atoms with Crippen molar-refractivity contribution >= 4 is 27.4 Å². The van der Waals surface area contributed by atoms with E-state index in [9.17, 15) is 17.6 Å². The zero-order valence-corrected chi connectivity index (χ0v) is 26.2. The number of ketones is 1. The van der Waals surface area contributed by atoms with Crippen LogP contribution in [0.5, 0.6) is 0 Å². The van der Waals surface area contributed by atoms with E-state index >= 15 is 4.39 Å². The summed E-state index contributed by atoms with van der Waals surface area (Å²) in [4.78, 5) is 17.8. The number of ether oxygens (including phenoxy) is 1. The van der Waals surface area contributed by atoms with Crippen LogP contribution < -0.4 is 11.1 Å². The number of nitrogens with one attached hydrogen (secondary N) is 1. The molecular weight excluding hydrogens is 598 g/mol. The van der Waals surface area contributed by atoms with Gasteiger partial charge in [0, 0.05) is 43.7 Å². The maximum Gasteiger partial charge on any atom is 0.214 e. The summed E-state index contributed by atoms with van der Waals surface area (Å²) >= 11 is 5.96. The van der Waals surface area contributed by atoms with Gasteiger partial charge in [0.05, 0.1) is 35.2 Å². The van der Waals surface area contributed by atoms with Crippen molar-refractivity contribution in [3.8, 4) is 0 Å². The minimum atomic E-state index is -3.38. The second kappa shape index (κ2) is 13.5. The predicted octanol–water partition coefficient (Wildman–Crippen LogP) is 4.14. The Hall–Kier alpha value is -2.02. The lowest BCUT2D eigenvalue weighted by molar-refractivity contribution is -0.121. The fourth-order valence-electron chi connectivity index (χ4n) is 7.24. The van der Waals surface area contributed by atoms with E-state index in [1.54, 1.807) is 10.4 Å². The molecule has 3 aliphatic heterocycles. The van der Waals surface area contributed by atoms with Crippen molar-refractivity contribution in [3.63, 3.8) is 0 Å². The Labute approximate surface area is 257 Å². The summed E-state index contributed by atoms with van der Waals surface area (Å²) in [5.74, 6) is -1.84. The van der Waals surface area contributed by atoms with Crippen LogP contribution in [0.25, 0.3) is 0 Å². The number of nitrogens with two attached hydrogens (primary N) is 1. The van der Waals surface area contributed by atoms with Gasteiger partial charge in [-0.15, -0.1) is 0 Å². The monoisotopic (exact) mass is 638 g/mol. The zero-order valence-electron chi connectivity index (χ0n) is 24.6. The Morgan fingerprint density at radius 1 is 1.21 bits per heavy atom. The molecule has 43 heavy (non-hydrogen) atoms. The van der Waals surface area contributed by atoms with Crippen LogP contribution in [0.3, 0.4) is 0 Å². The van der Waals surface area contributed by atoms with Crippen molar-refractivity contribution in [2.45, 2.75) is 95.0 Å². The highest BCUT2D eigenvalue weighted by atomic mass is 35.5. The van der Waals surface area contributed by atoms with Gasteiger partial charge in [-0.25, -0.2) is 17.2 Å². The molecule has 2 bridgehead atoms. The number of hydrogen-bond donors (Lipinski definition) is 2. The molecule has 8 atom stereocenters. The van der Waals surface area contributed by atoms with E-state index in [4.69, 9.17) is 22.1 Å². The molecule has 1 aromatic heterocycles. The first kappa shape index (κ1) is 32.4. The minimum Gasteiger partial charge on any atom is -0.376 e. The maximum absolute atomic E-state index is 15.2. The molecule has 8 nitrogen and oxygen atoms in total. The topological polar surface area (TPSA) is 115 Å². The molecule has 236 valence electrons. The van der Waals surface area contributed by atoms with Crippen LogP contribution in [0, 0.1) is 17.6 Å². The lowest BCUT2D eigenvalue weighted by Gasteiger charge is -2.39. The number of hydrogen-bond acceptors (Lipinski definition) is 7. The number of fused-ring (bicyclic) bond motifs is 2. The third-order valence-corrected chi connectivity index (χ3v) is 11.6. The van der Waals surface area contributed by atoms with Crippen LogP contribution in [0.2, 0.25) is 5.02 Å². The fourth-order valence-corrected chi connectivity index (χ4v) is 9.16. The average Bonchev–Trinajstić information content (AvgIpc) is 3.06. The van der Waals surface area contributed by atoms with E-state index in [2.05, 4.69) is 10.3 Å². The Balaban J connectivity index is 1.36. The number of carbonyl (C=O) groups excluding carboxylic acids is 1. The van der Waals surface area contributed by atoms with Crippen molar-refractivity contribution in [1.82, 2.24) is 14.6 Å². The second-order valence-corrected chi connectivity index (χ2v) is 14.9. The van der Waals surface area contributed by atoms with Gasteiger partial charge in [-0.05, 0) is 87.1 Å². The smallest absolute Gasteiger partial charge is 0.214 e. The third-order valence-electron chi connectivity index (χ3n) is 9.28. The lowest BCUT2D eigenvalue weighted by Crippen LogP contribution is -2.57. The van der Waals surface area contributed by atoms with Gasteiger partial charge < -0.3 is 15.8 Å². The molecule has 0 spiro atoms. The van der Waals surface area contributed by atoms with E-state index in [1.165, 1.54) is 18.3 Å². The van der Waals surface area contributed by atoms with Crippen LogP contribution >= 0.6 is 11.6 Å². The van der Waals surface area contributed by atoms with E-state index in [1.807, 2.05) is 13.8 Å². The number of pyridine rings is 1. The summed E-state index contributed by atoms with van der Waals surface area (Å²) < 4.78 is 63.1. The molecule has 2 unspecified atom stereocenters. The predicted molar refractivity (Wildman–Crippen MR) is 161 cm³/mol. The number of benzene rings is 1. The van der Waals surface area contributed by atoms with Gasteiger partial charge in [0.1, 0.15) is 11.6 Å². The number of rotatable bonds is 9. The van der Waals surface area contributed by atoms with Gasteiger partial charge >= 0.3 is 0 Å². The number of nitrogens with zero attached hydrogens (tertiary/aromatic N) is 2. The number of carbonyl (C=O) groups is 1. The fraction of sp³-hybridized carbons (Fsp3) is 0.613. The van der Waals surface area contributed by atoms with Gasteiger partial charge in [0.25, 0.3) is 0 Å².